The summed E-state index contributed by atoms with van der Waals surface area (Å²) in [5.41, 5.74) is 2.15. The van der Waals surface area contributed by atoms with Gasteiger partial charge in [0.05, 0.1) is 0 Å². The number of aromatic hydroxyl groups is 2. The van der Waals surface area contributed by atoms with Crippen molar-refractivity contribution in [3.63, 3.8) is 0 Å². The fourth-order valence-corrected chi connectivity index (χ4v) is 12.9. The molecule has 0 unspecified atom stereocenters. The normalized spacial score (nSPS) is 45.2. The van der Waals surface area contributed by atoms with Gasteiger partial charge in [0.25, 0.3) is 0 Å². The first-order chi connectivity index (χ1) is 20.1. The standard InChI is InChI=1S/C39H58O4/c1-24(2)26-15-18-36(5)21-22-38(7)27(34(26)36)11-13-31-37(6)19-17-32(35(3,4)30(37)16-20-39(31,38)8)43-33(42)14-10-25-9-12-28(40)29(41)23-25/h9-10,12,14,23-24,26-27,30-32,34,40-41H,11,13,15-22H2,1-8H3/b14-10+/t26-,27-,30-,31+,32-,34+,36+,37-,38+,39+/m0/s1. The molecule has 1 aromatic rings. The van der Waals surface area contributed by atoms with Crippen LogP contribution in [-0.4, -0.2) is 22.3 Å². The third-order valence-corrected chi connectivity index (χ3v) is 15.4. The number of hydrogen-bond donors (Lipinski definition) is 2. The van der Waals surface area contributed by atoms with Crippen LogP contribution in [0.3, 0.4) is 0 Å². The van der Waals surface area contributed by atoms with Crippen LogP contribution in [-0.2, 0) is 9.53 Å². The Bertz CT molecular complexity index is 1280. The minimum Gasteiger partial charge on any atom is -0.504 e. The van der Waals surface area contributed by atoms with E-state index in [4.69, 9.17) is 4.74 Å². The minimum absolute atomic E-state index is 0.0916. The summed E-state index contributed by atoms with van der Waals surface area (Å²) in [5, 5.41) is 19.4. The summed E-state index contributed by atoms with van der Waals surface area (Å²) in [6, 6.07) is 4.55. The van der Waals surface area contributed by atoms with Crippen LogP contribution in [0.15, 0.2) is 24.3 Å². The van der Waals surface area contributed by atoms with Gasteiger partial charge in [-0.2, -0.15) is 0 Å². The molecule has 0 saturated heterocycles. The van der Waals surface area contributed by atoms with E-state index in [-0.39, 0.29) is 34.4 Å². The van der Waals surface area contributed by atoms with E-state index in [9.17, 15) is 15.0 Å². The Hall–Kier alpha value is -1.97. The second kappa shape index (κ2) is 10.3. The monoisotopic (exact) mass is 590 g/mol. The molecule has 2 N–H and O–H groups in total. The lowest BCUT2D eigenvalue weighted by Crippen LogP contribution is -2.66. The van der Waals surface area contributed by atoms with E-state index in [2.05, 4.69) is 55.4 Å². The molecule has 10 atom stereocenters. The largest absolute Gasteiger partial charge is 0.504 e. The van der Waals surface area contributed by atoms with Crippen molar-refractivity contribution in [2.45, 2.75) is 126 Å². The third kappa shape index (κ3) is 4.53. The van der Waals surface area contributed by atoms with E-state index in [0.29, 0.717) is 27.7 Å². The number of rotatable bonds is 4. The number of ether oxygens (including phenoxy) is 1. The molecule has 0 bridgehead atoms. The van der Waals surface area contributed by atoms with Gasteiger partial charge < -0.3 is 14.9 Å². The van der Waals surface area contributed by atoms with Crippen LogP contribution in [0, 0.1) is 62.6 Å². The molecule has 5 fully saturated rings. The van der Waals surface area contributed by atoms with Crippen molar-refractivity contribution in [2.75, 3.05) is 0 Å². The molecule has 6 rings (SSSR count). The van der Waals surface area contributed by atoms with Gasteiger partial charge in [-0.1, -0.05) is 61.5 Å². The van der Waals surface area contributed by atoms with E-state index in [1.165, 1.54) is 69.6 Å². The Balaban J connectivity index is 1.21. The average molecular weight is 591 g/mol. The molecule has 5 aliphatic rings. The first-order valence-corrected chi connectivity index (χ1v) is 17.5. The zero-order chi connectivity index (χ0) is 31.2. The molecule has 0 amide bonds. The SMILES string of the molecule is CC(C)[C@@H]1CC[C@]2(C)CC[C@]3(C)[C@@H](CC[C@@H]4[C@@]5(C)CC[C@H](OC(=O)/C=C/c6ccc(O)c(O)c6)C(C)(C)[C@@H]5CC[C@]43C)[C@@H]12. The Morgan fingerprint density at radius 1 is 0.837 bits per heavy atom. The van der Waals surface area contributed by atoms with Crippen molar-refractivity contribution in [1.29, 1.82) is 0 Å². The number of benzene rings is 1. The number of phenolic OH excluding ortho intramolecular Hbond substituents is 2. The molecule has 238 valence electrons. The highest BCUT2D eigenvalue weighted by Gasteiger charge is 2.70. The van der Waals surface area contributed by atoms with E-state index in [0.717, 1.165) is 42.4 Å². The van der Waals surface area contributed by atoms with Gasteiger partial charge in [-0.25, -0.2) is 4.79 Å². The van der Waals surface area contributed by atoms with Gasteiger partial charge in [-0.15, -0.1) is 0 Å². The maximum atomic E-state index is 13.0. The lowest BCUT2D eigenvalue weighted by molar-refractivity contribution is -0.250. The predicted octanol–water partition coefficient (Wildman–Crippen LogP) is 9.78. The average Bonchev–Trinajstić information content (AvgIpc) is 3.29. The maximum absolute atomic E-state index is 13.0. The Kier molecular flexibility index (Phi) is 7.42. The van der Waals surface area contributed by atoms with Crippen LogP contribution >= 0.6 is 0 Å². The van der Waals surface area contributed by atoms with Crippen molar-refractivity contribution in [3.05, 3.63) is 29.8 Å². The van der Waals surface area contributed by atoms with Crippen molar-refractivity contribution >= 4 is 12.0 Å². The minimum atomic E-state index is -0.329. The zero-order valence-electron chi connectivity index (χ0n) is 28.2. The molecule has 0 aromatic heterocycles. The second-order valence-corrected chi connectivity index (χ2v) is 17.7. The molecule has 0 heterocycles. The number of carbonyl (C=O) groups is 1. The number of esters is 1. The van der Waals surface area contributed by atoms with Gasteiger partial charge in [-0.05, 0) is 145 Å². The van der Waals surface area contributed by atoms with Crippen molar-refractivity contribution in [3.8, 4) is 11.5 Å². The summed E-state index contributed by atoms with van der Waals surface area (Å²) in [7, 11) is 0. The molecule has 0 spiro atoms. The van der Waals surface area contributed by atoms with Crippen molar-refractivity contribution < 1.29 is 19.7 Å². The lowest BCUT2D eigenvalue weighted by atomic mass is 9.32. The van der Waals surface area contributed by atoms with Crippen LogP contribution in [0.4, 0.5) is 0 Å². The Labute approximate surface area is 261 Å². The highest BCUT2D eigenvalue weighted by Crippen LogP contribution is 2.77. The molecule has 4 heteroatoms. The fraction of sp³-hybridized carbons (Fsp3) is 0.769. The van der Waals surface area contributed by atoms with E-state index in [1.807, 2.05) is 0 Å². The summed E-state index contributed by atoms with van der Waals surface area (Å²) in [4.78, 5) is 13.0. The van der Waals surface area contributed by atoms with Crippen LogP contribution < -0.4 is 0 Å². The smallest absolute Gasteiger partial charge is 0.331 e. The fourth-order valence-electron chi connectivity index (χ4n) is 12.9. The molecule has 5 aliphatic carbocycles. The van der Waals surface area contributed by atoms with E-state index >= 15 is 0 Å². The third-order valence-electron chi connectivity index (χ3n) is 15.4. The molecule has 43 heavy (non-hydrogen) atoms. The Morgan fingerprint density at radius 3 is 2.28 bits per heavy atom. The van der Waals surface area contributed by atoms with E-state index in [1.54, 1.807) is 12.1 Å². The van der Waals surface area contributed by atoms with Gasteiger partial charge in [-0.3, -0.25) is 0 Å². The molecular formula is C39H58O4. The summed E-state index contributed by atoms with van der Waals surface area (Å²) in [5.74, 6) is 3.99. The molecular weight excluding hydrogens is 532 g/mol. The predicted molar refractivity (Wildman–Crippen MR) is 173 cm³/mol. The lowest BCUT2D eigenvalue weighted by Gasteiger charge is -2.73. The maximum Gasteiger partial charge on any atom is 0.331 e. The number of phenols is 2. The molecule has 0 aliphatic heterocycles. The Morgan fingerprint density at radius 2 is 1.58 bits per heavy atom. The second-order valence-electron chi connectivity index (χ2n) is 17.7. The van der Waals surface area contributed by atoms with Crippen LogP contribution in [0.2, 0.25) is 0 Å². The summed E-state index contributed by atoms with van der Waals surface area (Å²) in [6.07, 6.45) is 16.0. The van der Waals surface area contributed by atoms with Gasteiger partial charge >= 0.3 is 5.97 Å². The van der Waals surface area contributed by atoms with Crippen molar-refractivity contribution in [1.82, 2.24) is 0 Å². The van der Waals surface area contributed by atoms with Crippen LogP contribution in [0.25, 0.3) is 6.08 Å². The highest BCUT2D eigenvalue weighted by atomic mass is 16.5. The van der Waals surface area contributed by atoms with Crippen LogP contribution in [0.1, 0.15) is 125 Å². The number of carbonyl (C=O) groups excluding carboxylic acids is 1. The van der Waals surface area contributed by atoms with Gasteiger partial charge in [0.2, 0.25) is 0 Å². The quantitative estimate of drug-likeness (QED) is 0.208. The zero-order valence-corrected chi connectivity index (χ0v) is 28.2. The number of fused-ring (bicyclic) bond motifs is 7. The summed E-state index contributed by atoms with van der Waals surface area (Å²) < 4.78 is 6.20. The molecule has 5 saturated carbocycles. The summed E-state index contributed by atoms with van der Waals surface area (Å²) >= 11 is 0. The van der Waals surface area contributed by atoms with Gasteiger partial charge in [0.15, 0.2) is 11.5 Å². The number of hydrogen-bond acceptors (Lipinski definition) is 4. The first-order valence-electron chi connectivity index (χ1n) is 17.5. The van der Waals surface area contributed by atoms with Crippen molar-refractivity contribution in [2.24, 2.45) is 62.6 Å². The van der Waals surface area contributed by atoms with Gasteiger partial charge in [0, 0.05) is 11.5 Å². The van der Waals surface area contributed by atoms with Gasteiger partial charge in [0.1, 0.15) is 6.10 Å². The molecule has 4 nitrogen and oxygen atoms in total. The summed E-state index contributed by atoms with van der Waals surface area (Å²) in [6.45, 7) is 20.4. The van der Waals surface area contributed by atoms with Crippen LogP contribution in [0.5, 0.6) is 11.5 Å². The topological polar surface area (TPSA) is 66.8 Å². The highest BCUT2D eigenvalue weighted by molar-refractivity contribution is 5.87. The molecule has 1 aromatic carbocycles. The molecule has 0 radical (unpaired) electrons. The first kappa shape index (κ1) is 31.0. The van der Waals surface area contributed by atoms with E-state index < -0.39 is 0 Å².